The van der Waals surface area contributed by atoms with Crippen LogP contribution in [0.1, 0.15) is 82.0 Å². The molecule has 6 heteroatoms. The molecule has 2 heterocycles. The first kappa shape index (κ1) is 43.3. The van der Waals surface area contributed by atoms with E-state index in [1.165, 1.54) is 52.1 Å². The lowest BCUT2D eigenvalue weighted by atomic mass is 9.85. The molecule has 0 atom stereocenters. The van der Waals surface area contributed by atoms with E-state index in [-0.39, 0.29) is 24.7 Å². The normalized spacial score (nSPS) is 16.0. The first-order chi connectivity index (χ1) is 29.6. The molecule has 6 nitrogen and oxygen atoms in total. The highest BCUT2D eigenvalue weighted by Crippen LogP contribution is 2.39. The lowest BCUT2D eigenvalue weighted by Crippen LogP contribution is -2.56. The number of likely N-dealkylation sites (N-methyl/N-ethyl adjacent to an activating group) is 2. The number of benzene rings is 6. The van der Waals surface area contributed by atoms with Gasteiger partial charge in [0.2, 0.25) is 0 Å². The minimum Gasteiger partial charge on any atom is -0.508 e. The molecular formula is C55H61N2O4+. The first-order valence-corrected chi connectivity index (χ1v) is 21.7. The van der Waals surface area contributed by atoms with E-state index in [4.69, 9.17) is 0 Å². The maximum atomic E-state index is 9.83. The molecule has 314 valence electrons. The van der Waals surface area contributed by atoms with Crippen LogP contribution in [-0.2, 0) is 0 Å². The third kappa shape index (κ3) is 11.0. The Morgan fingerprint density at radius 2 is 0.820 bits per heavy atom. The zero-order chi connectivity index (χ0) is 42.8. The van der Waals surface area contributed by atoms with Crippen molar-refractivity contribution in [2.24, 2.45) is 0 Å². The molecule has 4 N–H and O–H groups in total. The highest BCUT2D eigenvalue weighted by molar-refractivity contribution is 5.99. The summed E-state index contributed by atoms with van der Waals surface area (Å²) < 4.78 is 1.09. The van der Waals surface area contributed by atoms with Crippen LogP contribution in [0.15, 0.2) is 158 Å². The summed E-state index contributed by atoms with van der Waals surface area (Å²) in [6.07, 6.45) is 2.98. The summed E-state index contributed by atoms with van der Waals surface area (Å²) in [5.41, 5.74) is 14.3. The number of nitrogens with zero attached hydrogens (tertiary/aromatic N) is 2. The van der Waals surface area contributed by atoms with Gasteiger partial charge in [-0.05, 0) is 124 Å². The van der Waals surface area contributed by atoms with Crippen molar-refractivity contribution >= 4 is 22.3 Å². The molecule has 2 saturated heterocycles. The molecule has 2 fully saturated rings. The molecule has 2 aliphatic rings. The third-order valence-corrected chi connectivity index (χ3v) is 12.2. The van der Waals surface area contributed by atoms with Crippen molar-refractivity contribution in [3.8, 4) is 11.5 Å². The number of quaternary nitrogens is 1. The summed E-state index contributed by atoms with van der Waals surface area (Å²) in [4.78, 5) is 2.34. The largest absolute Gasteiger partial charge is 0.508 e. The Morgan fingerprint density at radius 3 is 1.15 bits per heavy atom. The summed E-state index contributed by atoms with van der Waals surface area (Å²) >= 11 is 0. The highest BCUT2D eigenvalue weighted by atomic mass is 16.3. The van der Waals surface area contributed by atoms with Crippen LogP contribution in [0.2, 0.25) is 0 Å². The van der Waals surface area contributed by atoms with Crippen LogP contribution in [-0.4, -0.2) is 90.3 Å². The van der Waals surface area contributed by atoms with E-state index in [1.807, 2.05) is 36.4 Å². The Hall–Kier alpha value is -5.76. The topological polar surface area (TPSA) is 84.2 Å². The molecule has 8 rings (SSSR count). The average molecular weight is 814 g/mol. The molecule has 0 spiro atoms. The van der Waals surface area contributed by atoms with Crippen molar-refractivity contribution in [3.63, 3.8) is 0 Å². The number of likely N-dealkylation sites (tertiary alicyclic amines) is 2. The second kappa shape index (κ2) is 20.2. The van der Waals surface area contributed by atoms with Crippen LogP contribution in [0.5, 0.6) is 11.5 Å². The molecule has 0 amide bonds. The zero-order valence-electron chi connectivity index (χ0n) is 35.9. The Bertz CT molecular complexity index is 2350. The fourth-order valence-corrected chi connectivity index (χ4v) is 9.01. The van der Waals surface area contributed by atoms with Crippen LogP contribution < -0.4 is 0 Å². The van der Waals surface area contributed by atoms with Crippen molar-refractivity contribution < 1.29 is 24.9 Å². The average Bonchev–Trinajstić information content (AvgIpc) is 3.27. The number of aliphatic hydroxyl groups is 2. The minimum atomic E-state index is 0.160. The van der Waals surface area contributed by atoms with Gasteiger partial charge in [0, 0.05) is 32.2 Å². The van der Waals surface area contributed by atoms with Crippen LogP contribution in [0.4, 0.5) is 0 Å². The van der Waals surface area contributed by atoms with Crippen LogP contribution >= 0.6 is 0 Å². The monoisotopic (exact) mass is 813 g/mol. The summed E-state index contributed by atoms with van der Waals surface area (Å²) in [5.74, 6) is 1.78. The fraction of sp³-hybridized carbons (Fsp3) is 0.273. The van der Waals surface area contributed by atoms with Gasteiger partial charge in [-0.15, -0.1) is 0 Å². The Kier molecular flexibility index (Phi) is 14.4. The number of aromatic hydroxyl groups is 2. The van der Waals surface area contributed by atoms with Crippen molar-refractivity contribution in [3.05, 3.63) is 202 Å². The van der Waals surface area contributed by atoms with Crippen molar-refractivity contribution in [1.82, 2.24) is 4.90 Å². The van der Waals surface area contributed by atoms with E-state index in [0.29, 0.717) is 24.7 Å². The number of hydrogen-bond acceptors (Lipinski definition) is 5. The first-order valence-electron chi connectivity index (χ1n) is 21.7. The predicted molar refractivity (Wildman–Crippen MR) is 251 cm³/mol. The molecule has 0 unspecified atom stereocenters. The van der Waals surface area contributed by atoms with E-state index in [1.54, 1.807) is 24.3 Å². The third-order valence-electron chi connectivity index (χ3n) is 12.2. The number of hydrogen-bond donors (Lipinski definition) is 4. The summed E-state index contributed by atoms with van der Waals surface area (Å²) in [5, 5.41) is 38.7. The van der Waals surface area contributed by atoms with E-state index >= 15 is 0 Å². The van der Waals surface area contributed by atoms with Gasteiger partial charge in [0.15, 0.2) is 0 Å². The smallest absolute Gasteiger partial charge is 0.115 e. The number of phenolic OH excluding ortho intramolecular Hbond substituents is 2. The van der Waals surface area contributed by atoms with Crippen LogP contribution in [0, 0.1) is 0 Å². The Morgan fingerprint density at radius 1 is 0.475 bits per heavy atom. The molecule has 0 saturated carbocycles. The van der Waals surface area contributed by atoms with E-state index in [9.17, 15) is 20.4 Å². The van der Waals surface area contributed by atoms with Gasteiger partial charge in [-0.25, -0.2) is 0 Å². The van der Waals surface area contributed by atoms with Gasteiger partial charge < -0.3 is 29.8 Å². The number of aliphatic hydroxyl groups excluding tert-OH is 2. The van der Waals surface area contributed by atoms with E-state index < -0.39 is 0 Å². The van der Waals surface area contributed by atoms with E-state index in [0.717, 1.165) is 58.3 Å². The van der Waals surface area contributed by atoms with Gasteiger partial charge in [0.05, 0.1) is 33.1 Å². The number of phenols is 2. The second-order valence-corrected chi connectivity index (χ2v) is 17.3. The van der Waals surface area contributed by atoms with Crippen LogP contribution in [0.25, 0.3) is 22.3 Å². The predicted octanol–water partition coefficient (Wildman–Crippen LogP) is 10.5. The molecule has 61 heavy (non-hydrogen) atoms. The molecule has 0 aromatic heterocycles. The molecular weight excluding hydrogens is 753 g/mol. The van der Waals surface area contributed by atoms with E-state index in [2.05, 4.69) is 123 Å². The molecule has 6 aromatic carbocycles. The molecule has 2 aliphatic heterocycles. The molecule has 6 aromatic rings. The number of allylic oxidation sites excluding steroid dienone is 2. The summed E-state index contributed by atoms with van der Waals surface area (Å²) in [6, 6.07) is 53.6. The zero-order valence-corrected chi connectivity index (χ0v) is 35.9. The standard InChI is InChI=1S/C28H31NO2.C27H29NO2/c1-29(2)19-25(20-29)21-10-12-23(13-11-21)28(24-14-16-26(31)17-15-24)27(9-6-18-30)22-7-4-3-5-8-22;1-28-18-24(19-28)20-9-11-22(12-10-20)27(23-13-15-25(30)16-14-23)26(8-5-17-29)21-6-3-2-4-7-21/h3-5,7-8,10-17,25,30H,6,9,18-20H2,1-2H3;2-4,6-7,9-16,24,29-30H,5,8,17-19H2,1H3/p+1/b28-27+;27-26+. The van der Waals surface area contributed by atoms with Crippen molar-refractivity contribution in [2.45, 2.75) is 37.5 Å². The van der Waals surface area contributed by atoms with Gasteiger partial charge in [-0.1, -0.05) is 133 Å². The SMILES string of the molecule is CN1CC(c2ccc(/C(=C(/CCCO)c3ccccc3)c3ccc(O)cc3)cc2)C1.C[N+]1(C)CC(c2ccc(/C(=C(/CCCO)c3ccccc3)c3ccc(O)cc3)cc2)C1. The molecule has 0 bridgehead atoms. The van der Waals surface area contributed by atoms with Gasteiger partial charge >= 0.3 is 0 Å². The summed E-state index contributed by atoms with van der Waals surface area (Å²) in [6.45, 7) is 4.93. The highest BCUT2D eigenvalue weighted by Gasteiger charge is 2.37. The van der Waals surface area contributed by atoms with Crippen molar-refractivity contribution in [2.75, 3.05) is 60.5 Å². The maximum Gasteiger partial charge on any atom is 0.115 e. The Balaban J connectivity index is 0.000000184. The van der Waals surface area contributed by atoms with Gasteiger partial charge in [0.1, 0.15) is 11.5 Å². The van der Waals surface area contributed by atoms with Gasteiger partial charge in [0.25, 0.3) is 0 Å². The minimum absolute atomic E-state index is 0.160. The maximum absolute atomic E-state index is 9.83. The quantitative estimate of drug-likeness (QED) is 0.0650. The lowest BCUT2D eigenvalue weighted by Gasteiger charge is -2.44. The van der Waals surface area contributed by atoms with Gasteiger partial charge in [-0.3, -0.25) is 0 Å². The molecule has 0 radical (unpaired) electrons. The number of rotatable bonds is 14. The summed E-state index contributed by atoms with van der Waals surface area (Å²) in [7, 11) is 6.72. The van der Waals surface area contributed by atoms with Gasteiger partial charge in [-0.2, -0.15) is 0 Å². The Labute approximate surface area is 362 Å². The van der Waals surface area contributed by atoms with Crippen molar-refractivity contribution in [1.29, 1.82) is 0 Å². The fourth-order valence-electron chi connectivity index (χ4n) is 9.01. The lowest BCUT2D eigenvalue weighted by molar-refractivity contribution is -0.932. The van der Waals surface area contributed by atoms with Crippen LogP contribution in [0.3, 0.4) is 0 Å². The molecule has 0 aliphatic carbocycles. The second-order valence-electron chi connectivity index (χ2n) is 17.3.